The van der Waals surface area contributed by atoms with E-state index in [1.807, 2.05) is 19.0 Å². The summed E-state index contributed by atoms with van der Waals surface area (Å²) in [6.45, 7) is 3.29. The highest BCUT2D eigenvalue weighted by Gasteiger charge is 2.33. The lowest BCUT2D eigenvalue weighted by Crippen LogP contribution is -2.48. The zero-order valence-corrected chi connectivity index (χ0v) is 12.1. The van der Waals surface area contributed by atoms with Gasteiger partial charge in [-0.15, -0.1) is 0 Å². The Morgan fingerprint density at radius 3 is 2.44 bits per heavy atom. The van der Waals surface area contributed by atoms with Gasteiger partial charge >= 0.3 is 5.97 Å². The molecule has 0 aliphatic carbocycles. The number of carboxylic acids is 1. The van der Waals surface area contributed by atoms with Gasteiger partial charge in [-0.2, -0.15) is 0 Å². The molecule has 2 rings (SSSR count). The van der Waals surface area contributed by atoms with Crippen molar-refractivity contribution in [3.8, 4) is 0 Å². The third kappa shape index (κ3) is 2.57. The molecular formula is C11H17BrN4O2. The van der Waals surface area contributed by atoms with E-state index < -0.39 is 12.0 Å². The van der Waals surface area contributed by atoms with Gasteiger partial charge in [-0.1, -0.05) is 0 Å². The Kier molecular flexibility index (Phi) is 4.04. The van der Waals surface area contributed by atoms with E-state index in [0.717, 1.165) is 26.2 Å². The van der Waals surface area contributed by atoms with Gasteiger partial charge in [0, 0.05) is 33.2 Å². The van der Waals surface area contributed by atoms with Crippen LogP contribution >= 0.6 is 15.9 Å². The third-order valence-corrected chi connectivity index (χ3v) is 3.94. The highest BCUT2D eigenvalue weighted by Crippen LogP contribution is 2.27. The minimum atomic E-state index is -0.830. The summed E-state index contributed by atoms with van der Waals surface area (Å²) in [6, 6.07) is -0.638. The van der Waals surface area contributed by atoms with Crippen molar-refractivity contribution in [2.75, 3.05) is 33.2 Å². The second-order valence-corrected chi connectivity index (χ2v) is 5.36. The molecule has 2 heterocycles. The molecule has 7 heteroatoms. The molecule has 1 aliphatic heterocycles. The van der Waals surface area contributed by atoms with Crippen LogP contribution in [0.4, 0.5) is 0 Å². The fourth-order valence-corrected chi connectivity index (χ4v) is 2.83. The van der Waals surface area contributed by atoms with Crippen LogP contribution in [0.3, 0.4) is 0 Å². The fraction of sp³-hybridized carbons (Fsp3) is 0.636. The number of hydrogen-bond acceptors (Lipinski definition) is 4. The van der Waals surface area contributed by atoms with Gasteiger partial charge in [0.25, 0.3) is 0 Å². The van der Waals surface area contributed by atoms with Crippen molar-refractivity contribution in [3.05, 3.63) is 16.6 Å². The van der Waals surface area contributed by atoms with Gasteiger partial charge in [-0.05, 0) is 23.0 Å². The third-order valence-electron chi connectivity index (χ3n) is 3.33. The van der Waals surface area contributed by atoms with Gasteiger partial charge in [0.1, 0.15) is 4.60 Å². The maximum absolute atomic E-state index is 11.6. The highest BCUT2D eigenvalue weighted by molar-refractivity contribution is 9.10. The minimum absolute atomic E-state index is 0.608. The quantitative estimate of drug-likeness (QED) is 0.882. The molecule has 1 atom stereocenters. The van der Waals surface area contributed by atoms with Crippen molar-refractivity contribution in [3.63, 3.8) is 0 Å². The van der Waals surface area contributed by atoms with E-state index in [0.29, 0.717) is 10.3 Å². The number of aryl methyl sites for hydroxylation is 1. The molecule has 6 nitrogen and oxygen atoms in total. The standard InChI is InChI=1S/C11H17BrN4O2/c1-14-3-5-16(6-4-14)9(11(17)18)8-10(12)13-7-15(8)2/h7,9H,3-6H2,1-2H3,(H,17,18). The summed E-state index contributed by atoms with van der Waals surface area (Å²) in [5.41, 5.74) is 0.701. The van der Waals surface area contributed by atoms with Gasteiger partial charge < -0.3 is 14.6 Å². The van der Waals surface area contributed by atoms with Crippen LogP contribution in [0.2, 0.25) is 0 Å². The first-order valence-corrected chi connectivity index (χ1v) is 6.62. The molecule has 1 N–H and O–H groups in total. The van der Waals surface area contributed by atoms with Gasteiger partial charge in [0.15, 0.2) is 6.04 Å². The maximum atomic E-state index is 11.6. The van der Waals surface area contributed by atoms with Crippen LogP contribution in [0.25, 0.3) is 0 Å². The second kappa shape index (κ2) is 5.38. The smallest absolute Gasteiger partial charge is 0.327 e. The number of aliphatic carboxylic acids is 1. The number of carbonyl (C=O) groups is 1. The summed E-state index contributed by atoms with van der Waals surface area (Å²) >= 11 is 3.33. The number of hydrogen-bond donors (Lipinski definition) is 1. The molecule has 1 aromatic heterocycles. The molecule has 1 fully saturated rings. The largest absolute Gasteiger partial charge is 0.480 e. The van der Waals surface area contributed by atoms with E-state index in [1.54, 1.807) is 10.9 Å². The molecule has 1 unspecified atom stereocenters. The van der Waals surface area contributed by atoms with Gasteiger partial charge in [0.05, 0.1) is 12.0 Å². The van der Waals surface area contributed by atoms with Crippen molar-refractivity contribution in [1.29, 1.82) is 0 Å². The minimum Gasteiger partial charge on any atom is -0.480 e. The summed E-state index contributed by atoms with van der Waals surface area (Å²) in [7, 11) is 3.87. The van der Waals surface area contributed by atoms with Crippen LogP contribution in [0, 0.1) is 0 Å². The maximum Gasteiger partial charge on any atom is 0.327 e. The predicted octanol–water partition coefficient (Wildman–Crippen LogP) is 0.556. The van der Waals surface area contributed by atoms with Crippen LogP contribution in [-0.4, -0.2) is 63.7 Å². The van der Waals surface area contributed by atoms with Gasteiger partial charge in [0.2, 0.25) is 0 Å². The first-order chi connectivity index (χ1) is 8.50. The molecule has 18 heavy (non-hydrogen) atoms. The molecule has 0 radical (unpaired) electrons. The van der Waals surface area contributed by atoms with E-state index in [9.17, 15) is 9.90 Å². The Morgan fingerprint density at radius 2 is 2.00 bits per heavy atom. The lowest BCUT2D eigenvalue weighted by molar-refractivity contribution is -0.144. The Hall–Kier alpha value is -0.920. The Labute approximate surface area is 114 Å². The number of aromatic nitrogens is 2. The lowest BCUT2D eigenvalue weighted by atomic mass is 10.1. The topological polar surface area (TPSA) is 61.6 Å². The Balaban J connectivity index is 2.27. The number of likely N-dealkylation sites (N-methyl/N-ethyl adjacent to an activating group) is 1. The predicted molar refractivity (Wildman–Crippen MR) is 70.4 cm³/mol. The molecular weight excluding hydrogens is 300 g/mol. The van der Waals surface area contributed by atoms with Crippen molar-refractivity contribution >= 4 is 21.9 Å². The Morgan fingerprint density at radius 1 is 1.39 bits per heavy atom. The lowest BCUT2D eigenvalue weighted by Gasteiger charge is -2.36. The van der Waals surface area contributed by atoms with Crippen LogP contribution in [0.5, 0.6) is 0 Å². The van der Waals surface area contributed by atoms with Crippen molar-refractivity contribution in [1.82, 2.24) is 19.4 Å². The molecule has 0 aromatic carbocycles. The van der Waals surface area contributed by atoms with Crippen LogP contribution < -0.4 is 0 Å². The first-order valence-electron chi connectivity index (χ1n) is 5.83. The van der Waals surface area contributed by atoms with Crippen molar-refractivity contribution < 1.29 is 9.90 Å². The van der Waals surface area contributed by atoms with E-state index >= 15 is 0 Å². The molecule has 1 aromatic rings. The number of halogens is 1. The summed E-state index contributed by atoms with van der Waals surface area (Å²) in [5, 5.41) is 9.49. The fourth-order valence-electron chi connectivity index (χ4n) is 2.24. The average Bonchev–Trinajstić information content (AvgIpc) is 2.63. The average molecular weight is 317 g/mol. The SMILES string of the molecule is CN1CCN(C(C(=O)O)c2c(Br)ncn2C)CC1. The summed E-state index contributed by atoms with van der Waals surface area (Å²) in [5.74, 6) is -0.830. The molecule has 1 saturated heterocycles. The molecule has 0 bridgehead atoms. The number of nitrogens with zero attached hydrogens (tertiary/aromatic N) is 4. The molecule has 0 saturated carbocycles. The van der Waals surface area contributed by atoms with E-state index in [-0.39, 0.29) is 0 Å². The number of imidazole rings is 1. The number of carboxylic acid groups (broad SMARTS) is 1. The van der Waals surface area contributed by atoms with Gasteiger partial charge in [-0.25, -0.2) is 4.98 Å². The monoisotopic (exact) mass is 316 g/mol. The molecule has 1 aliphatic rings. The summed E-state index contributed by atoms with van der Waals surface area (Å²) in [6.07, 6.45) is 1.63. The zero-order valence-electron chi connectivity index (χ0n) is 10.5. The molecule has 0 spiro atoms. The summed E-state index contributed by atoms with van der Waals surface area (Å²) < 4.78 is 2.37. The van der Waals surface area contributed by atoms with Crippen LogP contribution in [0.1, 0.15) is 11.7 Å². The van der Waals surface area contributed by atoms with E-state index in [4.69, 9.17) is 0 Å². The van der Waals surface area contributed by atoms with Gasteiger partial charge in [-0.3, -0.25) is 9.69 Å². The molecule has 0 amide bonds. The number of rotatable bonds is 3. The molecule has 100 valence electrons. The van der Waals surface area contributed by atoms with Crippen LogP contribution in [0.15, 0.2) is 10.9 Å². The first kappa shape index (κ1) is 13.5. The van der Waals surface area contributed by atoms with E-state index in [1.165, 1.54) is 0 Å². The second-order valence-electron chi connectivity index (χ2n) is 4.61. The van der Waals surface area contributed by atoms with E-state index in [2.05, 4.69) is 25.8 Å². The van der Waals surface area contributed by atoms with Crippen molar-refractivity contribution in [2.45, 2.75) is 6.04 Å². The van der Waals surface area contributed by atoms with Crippen molar-refractivity contribution in [2.24, 2.45) is 7.05 Å². The zero-order chi connectivity index (χ0) is 13.3. The van der Waals surface area contributed by atoms with Crippen LogP contribution in [-0.2, 0) is 11.8 Å². The Bertz CT molecular complexity index is 421. The summed E-state index contributed by atoms with van der Waals surface area (Å²) in [4.78, 5) is 19.9. The number of piperazine rings is 1. The highest BCUT2D eigenvalue weighted by atomic mass is 79.9. The normalized spacial score (nSPS) is 19.9.